The predicted octanol–water partition coefficient (Wildman–Crippen LogP) is 6.06. The molecule has 1 atom stereocenters. The molecule has 184 valence electrons. The molecule has 4 aromatic rings. The molecule has 1 aliphatic heterocycles. The number of nitrogens with one attached hydrogen (secondary N) is 1. The molecule has 1 saturated heterocycles. The maximum atomic E-state index is 12.8. The van der Waals surface area contributed by atoms with E-state index in [2.05, 4.69) is 20.4 Å². The van der Waals surface area contributed by atoms with Crippen LogP contribution in [0.3, 0.4) is 0 Å². The number of amides is 2. The zero-order valence-electron chi connectivity index (χ0n) is 19.5. The molecule has 1 aliphatic rings. The summed E-state index contributed by atoms with van der Waals surface area (Å²) in [5.74, 6) is 0.764. The number of rotatable bonds is 3. The van der Waals surface area contributed by atoms with Gasteiger partial charge in [-0.1, -0.05) is 54.6 Å². The predicted molar refractivity (Wildman–Crippen MR) is 134 cm³/mol. The van der Waals surface area contributed by atoms with E-state index in [1.54, 1.807) is 4.90 Å². The molecular formula is C27H24F3N5O. The number of hydrogen-bond acceptors (Lipinski definition) is 4. The first-order valence-corrected chi connectivity index (χ1v) is 11.6. The van der Waals surface area contributed by atoms with Crippen molar-refractivity contribution in [3.63, 3.8) is 0 Å². The van der Waals surface area contributed by atoms with Crippen LogP contribution in [-0.2, 0) is 6.18 Å². The van der Waals surface area contributed by atoms with Crippen LogP contribution in [0.15, 0.2) is 78.9 Å². The quantitative estimate of drug-likeness (QED) is 0.379. The Balaban J connectivity index is 1.32. The van der Waals surface area contributed by atoms with E-state index < -0.39 is 11.7 Å². The van der Waals surface area contributed by atoms with Gasteiger partial charge in [0.2, 0.25) is 0 Å². The van der Waals surface area contributed by atoms with Gasteiger partial charge < -0.3 is 15.1 Å². The number of carbonyl (C=O) groups excluding carboxylic acids is 1. The van der Waals surface area contributed by atoms with Gasteiger partial charge >= 0.3 is 12.2 Å². The molecule has 36 heavy (non-hydrogen) atoms. The normalized spacial score (nSPS) is 16.3. The molecule has 3 aromatic carbocycles. The number of hydrogen-bond donors (Lipinski definition) is 1. The van der Waals surface area contributed by atoms with Gasteiger partial charge in [-0.25, -0.2) is 4.79 Å². The minimum atomic E-state index is -4.42. The van der Waals surface area contributed by atoms with Gasteiger partial charge in [-0.15, -0.1) is 10.2 Å². The molecule has 0 aliphatic carbocycles. The average molecular weight is 492 g/mol. The molecule has 2 amide bonds. The van der Waals surface area contributed by atoms with Crippen LogP contribution >= 0.6 is 0 Å². The van der Waals surface area contributed by atoms with Crippen molar-refractivity contribution in [3.05, 3.63) is 84.4 Å². The second-order valence-corrected chi connectivity index (χ2v) is 8.78. The maximum Gasteiger partial charge on any atom is 0.416 e. The van der Waals surface area contributed by atoms with Gasteiger partial charge in [0.05, 0.1) is 5.56 Å². The molecule has 0 saturated carbocycles. The molecule has 2 heterocycles. The number of piperazine rings is 1. The fourth-order valence-electron chi connectivity index (χ4n) is 4.51. The largest absolute Gasteiger partial charge is 0.416 e. The average Bonchev–Trinajstić information content (AvgIpc) is 2.88. The Labute approximate surface area is 206 Å². The van der Waals surface area contributed by atoms with E-state index >= 15 is 0 Å². The first kappa shape index (κ1) is 23.6. The third-order valence-electron chi connectivity index (χ3n) is 6.37. The van der Waals surface area contributed by atoms with Crippen molar-refractivity contribution in [2.45, 2.75) is 19.1 Å². The smallest absolute Gasteiger partial charge is 0.348 e. The van der Waals surface area contributed by atoms with E-state index in [4.69, 9.17) is 0 Å². The lowest BCUT2D eigenvalue weighted by molar-refractivity contribution is -0.137. The van der Waals surface area contributed by atoms with Gasteiger partial charge in [0.15, 0.2) is 5.82 Å². The number of halogens is 3. The third-order valence-corrected chi connectivity index (χ3v) is 6.37. The minimum absolute atomic E-state index is 0.0441. The number of carbonyl (C=O) groups is 1. The Kier molecular flexibility index (Phi) is 6.22. The fourth-order valence-corrected chi connectivity index (χ4v) is 4.51. The summed E-state index contributed by atoms with van der Waals surface area (Å²) in [5, 5.41) is 13.8. The van der Waals surface area contributed by atoms with Gasteiger partial charge in [0.25, 0.3) is 0 Å². The number of aromatic nitrogens is 2. The van der Waals surface area contributed by atoms with Crippen molar-refractivity contribution >= 4 is 28.3 Å². The molecule has 9 heteroatoms. The molecule has 1 aromatic heterocycles. The number of nitrogens with zero attached hydrogens (tertiary/aromatic N) is 4. The summed E-state index contributed by atoms with van der Waals surface area (Å²) in [5.41, 5.74) is 1.37. The van der Waals surface area contributed by atoms with Crippen LogP contribution in [0, 0.1) is 0 Å². The van der Waals surface area contributed by atoms with Crippen molar-refractivity contribution in [1.29, 1.82) is 0 Å². The van der Waals surface area contributed by atoms with Crippen molar-refractivity contribution in [1.82, 2.24) is 15.1 Å². The van der Waals surface area contributed by atoms with Crippen molar-refractivity contribution in [2.24, 2.45) is 0 Å². The lowest BCUT2D eigenvalue weighted by atomic mass is 10.0. The summed E-state index contributed by atoms with van der Waals surface area (Å²) in [6, 6.07) is 22.0. The second kappa shape index (κ2) is 9.49. The zero-order chi connectivity index (χ0) is 25.3. The Morgan fingerprint density at radius 2 is 1.56 bits per heavy atom. The summed E-state index contributed by atoms with van der Waals surface area (Å²) < 4.78 is 38.4. The number of alkyl halides is 3. The van der Waals surface area contributed by atoms with Gasteiger partial charge in [0.1, 0.15) is 5.69 Å². The highest BCUT2D eigenvalue weighted by molar-refractivity contribution is 6.00. The molecule has 6 nitrogen and oxygen atoms in total. The second-order valence-electron chi connectivity index (χ2n) is 8.78. The lowest BCUT2D eigenvalue weighted by Crippen LogP contribution is -2.55. The third kappa shape index (κ3) is 4.68. The molecule has 5 rings (SSSR count). The number of benzene rings is 3. The number of urea groups is 1. The SMILES string of the molecule is CC1CN(C(=O)Nc2ccc(C(F)(F)F)cc2)CCN1c1nnc(-c2ccccc2)c2ccccc12. The van der Waals surface area contributed by atoms with Crippen LogP contribution in [0.4, 0.5) is 29.5 Å². The fraction of sp³-hybridized carbons (Fsp3) is 0.222. The number of fused-ring (bicyclic) bond motifs is 1. The van der Waals surface area contributed by atoms with Crippen molar-refractivity contribution in [2.75, 3.05) is 29.9 Å². The highest BCUT2D eigenvalue weighted by Gasteiger charge is 2.31. The Morgan fingerprint density at radius 1 is 0.889 bits per heavy atom. The maximum absolute atomic E-state index is 12.8. The highest BCUT2D eigenvalue weighted by Crippen LogP contribution is 2.33. The Bertz CT molecular complexity index is 1380. The first-order valence-electron chi connectivity index (χ1n) is 11.6. The van der Waals surface area contributed by atoms with Crippen LogP contribution in [0.2, 0.25) is 0 Å². The summed E-state index contributed by atoms with van der Waals surface area (Å²) in [6.45, 7) is 3.43. The molecule has 0 spiro atoms. The minimum Gasteiger partial charge on any atom is -0.348 e. The van der Waals surface area contributed by atoms with Crippen molar-refractivity contribution < 1.29 is 18.0 Å². The van der Waals surface area contributed by atoms with Crippen LogP contribution in [-0.4, -0.2) is 46.8 Å². The van der Waals surface area contributed by atoms with E-state index in [0.717, 1.165) is 40.0 Å². The molecular weight excluding hydrogens is 467 g/mol. The topological polar surface area (TPSA) is 61.4 Å². The monoisotopic (exact) mass is 491 g/mol. The molecule has 1 N–H and O–H groups in total. The van der Waals surface area contributed by atoms with Crippen molar-refractivity contribution in [3.8, 4) is 11.3 Å². The van der Waals surface area contributed by atoms with Crippen LogP contribution < -0.4 is 10.2 Å². The summed E-state index contributed by atoms with van der Waals surface area (Å²) >= 11 is 0. The molecule has 0 radical (unpaired) electrons. The Morgan fingerprint density at radius 3 is 2.22 bits per heavy atom. The highest BCUT2D eigenvalue weighted by atomic mass is 19.4. The van der Waals surface area contributed by atoms with Gasteiger partial charge in [-0.05, 0) is 31.2 Å². The molecule has 1 fully saturated rings. The number of anilines is 2. The van der Waals surface area contributed by atoms with E-state index in [1.165, 1.54) is 12.1 Å². The van der Waals surface area contributed by atoms with Gasteiger partial charge in [0, 0.05) is 47.7 Å². The lowest BCUT2D eigenvalue weighted by Gasteiger charge is -2.40. The van der Waals surface area contributed by atoms with E-state index in [-0.39, 0.29) is 12.1 Å². The standard InChI is InChI=1S/C27H24F3N5O/c1-18-17-34(26(36)31-21-13-11-20(12-14-21)27(28,29)30)15-16-35(18)25-23-10-6-5-9-22(23)24(32-33-25)19-7-3-2-4-8-19/h2-14,18H,15-17H2,1H3,(H,31,36). The summed E-state index contributed by atoms with van der Waals surface area (Å²) in [4.78, 5) is 16.6. The summed E-state index contributed by atoms with van der Waals surface area (Å²) in [7, 11) is 0. The first-order chi connectivity index (χ1) is 17.3. The van der Waals surface area contributed by atoms with Crippen LogP contribution in [0.1, 0.15) is 12.5 Å². The van der Waals surface area contributed by atoms with E-state index in [0.29, 0.717) is 25.3 Å². The van der Waals surface area contributed by atoms with E-state index in [9.17, 15) is 18.0 Å². The van der Waals surface area contributed by atoms with Gasteiger partial charge in [-0.3, -0.25) is 0 Å². The van der Waals surface area contributed by atoms with Gasteiger partial charge in [-0.2, -0.15) is 13.2 Å². The van der Waals surface area contributed by atoms with Crippen LogP contribution in [0.5, 0.6) is 0 Å². The van der Waals surface area contributed by atoms with Crippen LogP contribution in [0.25, 0.3) is 22.0 Å². The molecule has 1 unspecified atom stereocenters. The Hall–Kier alpha value is -4.14. The summed E-state index contributed by atoms with van der Waals surface area (Å²) in [6.07, 6.45) is -4.42. The molecule has 0 bridgehead atoms. The zero-order valence-corrected chi connectivity index (χ0v) is 19.5. The van der Waals surface area contributed by atoms with E-state index in [1.807, 2.05) is 61.5 Å².